The van der Waals surface area contributed by atoms with Crippen molar-refractivity contribution >= 4 is 23.3 Å². The Kier molecular flexibility index (Phi) is 4.37. The van der Waals surface area contributed by atoms with E-state index in [1.807, 2.05) is 0 Å². The molecular weight excluding hydrogens is 270 g/mol. The van der Waals surface area contributed by atoms with Crippen LogP contribution >= 0.6 is 11.6 Å². The van der Waals surface area contributed by atoms with Crippen molar-refractivity contribution in [2.24, 2.45) is 0 Å². The third-order valence-corrected chi connectivity index (χ3v) is 3.11. The lowest BCUT2D eigenvalue weighted by atomic mass is 10.2. The van der Waals surface area contributed by atoms with Crippen molar-refractivity contribution in [2.75, 3.05) is 18.5 Å². The monoisotopic (exact) mass is 285 g/mol. The second-order valence-electron chi connectivity index (χ2n) is 4.31. The van der Waals surface area contributed by atoms with Gasteiger partial charge in [-0.05, 0) is 12.5 Å². The molecule has 6 heteroatoms. The number of nitrogens with one attached hydrogen (secondary N) is 1. The van der Waals surface area contributed by atoms with Crippen molar-refractivity contribution in [2.45, 2.75) is 25.9 Å². The van der Waals surface area contributed by atoms with Gasteiger partial charge in [0.2, 0.25) is 6.10 Å². The van der Waals surface area contributed by atoms with E-state index in [2.05, 4.69) is 12.2 Å². The van der Waals surface area contributed by atoms with E-state index >= 15 is 0 Å². The van der Waals surface area contributed by atoms with Gasteiger partial charge in [-0.15, -0.1) is 0 Å². The number of fused-ring (bicyclic) bond motifs is 1. The molecule has 0 radical (unpaired) electrons. The van der Waals surface area contributed by atoms with Gasteiger partial charge in [0.05, 0.1) is 23.9 Å². The first-order valence-corrected chi connectivity index (χ1v) is 6.59. The number of ether oxygens (including phenoxy) is 2. The zero-order valence-electron chi connectivity index (χ0n) is 10.6. The van der Waals surface area contributed by atoms with E-state index in [1.165, 1.54) is 0 Å². The van der Waals surface area contributed by atoms with E-state index in [-0.39, 0.29) is 6.54 Å². The van der Waals surface area contributed by atoms with Crippen LogP contribution in [0.5, 0.6) is 11.5 Å². The average molecular weight is 286 g/mol. The molecule has 0 aliphatic carbocycles. The Morgan fingerprint density at radius 1 is 1.63 bits per heavy atom. The predicted molar refractivity (Wildman–Crippen MR) is 72.4 cm³/mol. The van der Waals surface area contributed by atoms with E-state index < -0.39 is 12.1 Å². The summed E-state index contributed by atoms with van der Waals surface area (Å²) in [6.45, 7) is 2.86. The number of carboxylic acids is 1. The van der Waals surface area contributed by atoms with Gasteiger partial charge in [-0.1, -0.05) is 24.9 Å². The van der Waals surface area contributed by atoms with Crippen LogP contribution in [-0.4, -0.2) is 30.3 Å². The Bertz CT molecular complexity index is 478. The molecule has 0 bridgehead atoms. The lowest BCUT2D eigenvalue weighted by Gasteiger charge is -2.25. The summed E-state index contributed by atoms with van der Waals surface area (Å²) in [5.41, 5.74) is 0.686. The molecule has 2 rings (SSSR count). The van der Waals surface area contributed by atoms with Gasteiger partial charge in [-0.3, -0.25) is 0 Å². The van der Waals surface area contributed by atoms with Crippen LogP contribution in [0.3, 0.4) is 0 Å². The number of carboxylic acid groups (broad SMARTS) is 1. The highest BCUT2D eigenvalue weighted by Gasteiger charge is 2.26. The zero-order valence-corrected chi connectivity index (χ0v) is 11.4. The molecule has 5 nitrogen and oxygen atoms in total. The number of hydrogen-bond donors (Lipinski definition) is 2. The summed E-state index contributed by atoms with van der Waals surface area (Å²) in [5.74, 6) is -0.0298. The minimum atomic E-state index is -0.999. The number of rotatable bonds is 5. The first kappa shape index (κ1) is 13.8. The Morgan fingerprint density at radius 2 is 2.42 bits per heavy atom. The van der Waals surface area contributed by atoms with Gasteiger partial charge >= 0.3 is 5.97 Å². The highest BCUT2D eigenvalue weighted by atomic mass is 35.5. The summed E-state index contributed by atoms with van der Waals surface area (Å²) in [5, 5.41) is 12.4. The van der Waals surface area contributed by atoms with Gasteiger partial charge in [0.1, 0.15) is 11.5 Å². The Balaban J connectivity index is 2.16. The van der Waals surface area contributed by atoms with Gasteiger partial charge in [-0.25, -0.2) is 4.79 Å². The summed E-state index contributed by atoms with van der Waals surface area (Å²) in [6, 6.07) is 3.33. The van der Waals surface area contributed by atoms with Crippen molar-refractivity contribution in [1.29, 1.82) is 0 Å². The highest BCUT2D eigenvalue weighted by molar-refractivity contribution is 6.32. The van der Waals surface area contributed by atoms with Gasteiger partial charge in [0.25, 0.3) is 0 Å². The first-order valence-electron chi connectivity index (χ1n) is 6.21. The SMILES string of the molecule is CCCCOc1cc2c(cc1Cl)NCC(C(=O)O)O2. The average Bonchev–Trinajstić information content (AvgIpc) is 2.39. The van der Waals surface area contributed by atoms with E-state index in [1.54, 1.807) is 12.1 Å². The fourth-order valence-corrected chi connectivity index (χ4v) is 1.96. The fraction of sp³-hybridized carbons (Fsp3) is 0.462. The van der Waals surface area contributed by atoms with Crippen LogP contribution in [0.2, 0.25) is 5.02 Å². The molecule has 0 fully saturated rings. The third kappa shape index (κ3) is 3.23. The molecule has 1 aliphatic rings. The van der Waals surface area contributed by atoms with Gasteiger partial charge in [-0.2, -0.15) is 0 Å². The van der Waals surface area contributed by atoms with Gasteiger partial charge in [0, 0.05) is 6.07 Å². The Hall–Kier alpha value is -1.62. The predicted octanol–water partition coefficient (Wildman–Crippen LogP) is 2.78. The number of halogens is 1. The minimum Gasteiger partial charge on any atom is -0.492 e. The van der Waals surface area contributed by atoms with Crippen molar-refractivity contribution in [3.63, 3.8) is 0 Å². The molecule has 104 valence electrons. The van der Waals surface area contributed by atoms with Crippen LogP contribution in [0.25, 0.3) is 0 Å². The standard InChI is InChI=1S/C13H16ClNO4/c1-2-3-4-18-10-6-11-9(5-8(10)14)15-7-12(19-11)13(16)17/h5-6,12,15H,2-4,7H2,1H3,(H,16,17). The van der Waals surface area contributed by atoms with Gasteiger partial charge < -0.3 is 19.9 Å². The maximum atomic E-state index is 10.9. The van der Waals surface area contributed by atoms with Crippen molar-refractivity contribution < 1.29 is 19.4 Å². The molecule has 0 aromatic heterocycles. The normalized spacial score (nSPS) is 17.1. The summed E-state index contributed by atoms with van der Waals surface area (Å²) >= 11 is 6.10. The van der Waals surface area contributed by atoms with E-state index in [4.69, 9.17) is 26.2 Å². The molecule has 1 atom stereocenters. The van der Waals surface area contributed by atoms with Crippen molar-refractivity contribution in [3.8, 4) is 11.5 Å². The Morgan fingerprint density at radius 3 is 3.11 bits per heavy atom. The van der Waals surface area contributed by atoms with Gasteiger partial charge in [0.15, 0.2) is 0 Å². The number of unbranched alkanes of at least 4 members (excludes halogenated alkanes) is 1. The summed E-state index contributed by atoms with van der Waals surface area (Å²) in [6.07, 6.45) is 1.07. The second-order valence-corrected chi connectivity index (χ2v) is 4.71. The molecule has 1 heterocycles. The molecule has 0 saturated carbocycles. The molecular formula is C13H16ClNO4. The van der Waals surface area contributed by atoms with E-state index in [9.17, 15) is 4.79 Å². The van der Waals surface area contributed by atoms with E-state index in [0.717, 1.165) is 12.8 Å². The molecule has 1 aromatic rings. The number of aliphatic carboxylic acids is 1. The summed E-state index contributed by atoms with van der Waals surface area (Å²) in [4.78, 5) is 10.9. The van der Waals surface area contributed by atoms with Crippen molar-refractivity contribution in [3.05, 3.63) is 17.2 Å². The maximum absolute atomic E-state index is 10.9. The summed E-state index contributed by atoms with van der Waals surface area (Å²) < 4.78 is 10.9. The molecule has 0 spiro atoms. The van der Waals surface area contributed by atoms with Crippen LogP contribution in [0.15, 0.2) is 12.1 Å². The van der Waals surface area contributed by atoms with Crippen LogP contribution in [0.4, 0.5) is 5.69 Å². The van der Waals surface area contributed by atoms with Crippen LogP contribution in [-0.2, 0) is 4.79 Å². The van der Waals surface area contributed by atoms with Crippen LogP contribution in [0, 0.1) is 0 Å². The lowest BCUT2D eigenvalue weighted by molar-refractivity contribution is -0.144. The summed E-state index contributed by atoms with van der Waals surface area (Å²) in [7, 11) is 0. The van der Waals surface area contributed by atoms with E-state index in [0.29, 0.717) is 28.8 Å². The second kappa shape index (κ2) is 6.02. The maximum Gasteiger partial charge on any atom is 0.346 e. The molecule has 1 unspecified atom stereocenters. The lowest BCUT2D eigenvalue weighted by Crippen LogP contribution is -2.37. The molecule has 2 N–H and O–H groups in total. The third-order valence-electron chi connectivity index (χ3n) is 2.81. The first-order chi connectivity index (χ1) is 9.11. The molecule has 19 heavy (non-hydrogen) atoms. The topological polar surface area (TPSA) is 67.8 Å². The quantitative estimate of drug-likeness (QED) is 0.814. The number of hydrogen-bond acceptors (Lipinski definition) is 4. The fourth-order valence-electron chi connectivity index (χ4n) is 1.74. The Labute approximate surface area is 116 Å². The molecule has 0 saturated heterocycles. The molecule has 1 aromatic carbocycles. The number of carbonyl (C=O) groups is 1. The highest BCUT2D eigenvalue weighted by Crippen LogP contribution is 2.38. The molecule has 1 aliphatic heterocycles. The largest absolute Gasteiger partial charge is 0.492 e. The van der Waals surface area contributed by atoms with Crippen molar-refractivity contribution in [1.82, 2.24) is 0 Å². The number of benzene rings is 1. The number of anilines is 1. The van der Waals surface area contributed by atoms with Crippen LogP contribution in [0.1, 0.15) is 19.8 Å². The minimum absolute atomic E-state index is 0.217. The van der Waals surface area contributed by atoms with Crippen LogP contribution < -0.4 is 14.8 Å². The smallest absolute Gasteiger partial charge is 0.346 e. The zero-order chi connectivity index (χ0) is 13.8. The molecule has 0 amide bonds.